The predicted octanol–water partition coefficient (Wildman–Crippen LogP) is 1.94. The van der Waals surface area contributed by atoms with E-state index in [0.29, 0.717) is 5.02 Å². The van der Waals surface area contributed by atoms with Crippen molar-refractivity contribution < 1.29 is 4.79 Å². The van der Waals surface area contributed by atoms with Gasteiger partial charge in [-0.25, -0.2) is 0 Å². The highest BCUT2D eigenvalue weighted by atomic mass is 35.5. The predicted molar refractivity (Wildman–Crippen MR) is 64.3 cm³/mol. The Kier molecular flexibility index (Phi) is 3.51. The molecule has 1 saturated heterocycles. The number of carbonyl (C=O) groups is 1. The molecule has 0 spiro atoms. The minimum absolute atomic E-state index is 0.0160. The van der Waals surface area contributed by atoms with Crippen molar-refractivity contribution in [3.63, 3.8) is 0 Å². The van der Waals surface area contributed by atoms with Crippen molar-refractivity contribution in [2.24, 2.45) is 0 Å². The van der Waals surface area contributed by atoms with Crippen LogP contribution in [0, 0.1) is 0 Å². The van der Waals surface area contributed by atoms with E-state index >= 15 is 0 Å². The number of rotatable bonds is 2. The first-order chi connectivity index (χ1) is 7.25. The number of carbonyl (C=O) groups excluding carboxylic acids is 1. The van der Waals surface area contributed by atoms with Crippen LogP contribution in [0.4, 0.5) is 5.69 Å². The lowest BCUT2D eigenvalue weighted by Crippen LogP contribution is -2.37. The van der Waals surface area contributed by atoms with Crippen LogP contribution < -0.4 is 10.6 Å². The lowest BCUT2D eigenvalue weighted by atomic mass is 10.3. The molecule has 1 atom stereocenters. The number of anilines is 1. The van der Waals surface area contributed by atoms with Gasteiger partial charge in [-0.05, 0) is 24.3 Å². The Balaban J connectivity index is 1.96. The van der Waals surface area contributed by atoms with Gasteiger partial charge in [0, 0.05) is 22.3 Å². The molecule has 0 radical (unpaired) electrons. The van der Waals surface area contributed by atoms with E-state index < -0.39 is 0 Å². The summed E-state index contributed by atoms with van der Waals surface area (Å²) in [5.41, 5.74) is 0.781. The Morgan fingerprint density at radius 1 is 1.47 bits per heavy atom. The van der Waals surface area contributed by atoms with Crippen LogP contribution >= 0.6 is 23.4 Å². The van der Waals surface area contributed by atoms with E-state index in [0.717, 1.165) is 17.3 Å². The molecule has 5 heteroatoms. The molecule has 0 saturated carbocycles. The molecule has 0 aliphatic carbocycles. The number of hydrogen-bond acceptors (Lipinski definition) is 3. The van der Waals surface area contributed by atoms with Gasteiger partial charge in [0.1, 0.15) is 0 Å². The maximum atomic E-state index is 11.7. The molecule has 1 fully saturated rings. The van der Waals surface area contributed by atoms with Gasteiger partial charge in [0.2, 0.25) is 5.91 Å². The van der Waals surface area contributed by atoms with Gasteiger partial charge in [-0.15, -0.1) is 11.8 Å². The van der Waals surface area contributed by atoms with Crippen LogP contribution in [0.3, 0.4) is 0 Å². The Hall–Kier alpha value is -0.710. The largest absolute Gasteiger partial charge is 0.325 e. The fraction of sp³-hybridized carbons (Fsp3) is 0.300. The number of amides is 1. The standard InChI is InChI=1S/C10H11ClN2OS/c11-7-1-3-8(4-2-7)13-10(14)9-5-15-6-12-9/h1-4,9,12H,5-6H2,(H,13,14)/t9-/m1/s1. The zero-order chi connectivity index (χ0) is 10.7. The lowest BCUT2D eigenvalue weighted by molar-refractivity contribution is -0.117. The van der Waals surface area contributed by atoms with Gasteiger partial charge in [-0.2, -0.15) is 0 Å². The van der Waals surface area contributed by atoms with Gasteiger partial charge in [0.05, 0.1) is 6.04 Å². The molecule has 15 heavy (non-hydrogen) atoms. The third-order valence-corrected chi connectivity index (χ3v) is 3.34. The summed E-state index contributed by atoms with van der Waals surface area (Å²) in [5.74, 6) is 1.69. The second kappa shape index (κ2) is 4.88. The monoisotopic (exact) mass is 242 g/mol. The van der Waals surface area contributed by atoms with Gasteiger partial charge >= 0.3 is 0 Å². The molecular weight excluding hydrogens is 232 g/mol. The molecule has 2 rings (SSSR count). The Morgan fingerprint density at radius 2 is 2.20 bits per heavy atom. The summed E-state index contributed by atoms with van der Waals surface area (Å²) in [6, 6.07) is 7.03. The summed E-state index contributed by atoms with van der Waals surface area (Å²) in [7, 11) is 0. The fourth-order valence-corrected chi connectivity index (χ4v) is 2.39. The summed E-state index contributed by atoms with van der Waals surface area (Å²) < 4.78 is 0. The van der Waals surface area contributed by atoms with E-state index in [9.17, 15) is 4.79 Å². The van der Waals surface area contributed by atoms with E-state index in [1.54, 1.807) is 36.0 Å². The highest BCUT2D eigenvalue weighted by Crippen LogP contribution is 2.15. The van der Waals surface area contributed by atoms with E-state index in [4.69, 9.17) is 11.6 Å². The van der Waals surface area contributed by atoms with Crippen LogP contribution in [0.2, 0.25) is 5.02 Å². The van der Waals surface area contributed by atoms with Crippen molar-refractivity contribution in [2.75, 3.05) is 16.9 Å². The van der Waals surface area contributed by atoms with Crippen LogP contribution in [0.25, 0.3) is 0 Å². The van der Waals surface area contributed by atoms with Crippen LogP contribution in [0.5, 0.6) is 0 Å². The minimum Gasteiger partial charge on any atom is -0.325 e. The van der Waals surface area contributed by atoms with Crippen molar-refractivity contribution in [3.8, 4) is 0 Å². The zero-order valence-corrected chi connectivity index (χ0v) is 9.57. The molecular formula is C10H11ClN2OS. The van der Waals surface area contributed by atoms with Crippen LogP contribution in [-0.2, 0) is 4.79 Å². The van der Waals surface area contributed by atoms with Crippen LogP contribution in [-0.4, -0.2) is 23.6 Å². The minimum atomic E-state index is -0.0781. The maximum absolute atomic E-state index is 11.7. The highest BCUT2D eigenvalue weighted by molar-refractivity contribution is 7.99. The maximum Gasteiger partial charge on any atom is 0.242 e. The van der Waals surface area contributed by atoms with Crippen molar-refractivity contribution in [1.29, 1.82) is 0 Å². The van der Waals surface area contributed by atoms with Gasteiger partial charge in [0.15, 0.2) is 0 Å². The summed E-state index contributed by atoms with van der Waals surface area (Å²) >= 11 is 7.48. The number of nitrogens with one attached hydrogen (secondary N) is 2. The fourth-order valence-electron chi connectivity index (χ4n) is 1.33. The first kappa shape index (κ1) is 10.8. The Labute approximate surface area is 97.6 Å². The smallest absolute Gasteiger partial charge is 0.242 e. The van der Waals surface area contributed by atoms with Crippen LogP contribution in [0.15, 0.2) is 24.3 Å². The van der Waals surface area contributed by atoms with E-state index in [2.05, 4.69) is 10.6 Å². The van der Waals surface area contributed by atoms with Gasteiger partial charge in [-0.3, -0.25) is 10.1 Å². The third kappa shape index (κ3) is 2.87. The number of hydrogen-bond donors (Lipinski definition) is 2. The average molecular weight is 243 g/mol. The molecule has 1 heterocycles. The number of halogens is 1. The summed E-state index contributed by atoms with van der Waals surface area (Å²) in [5, 5.41) is 6.62. The normalized spacial score (nSPS) is 20.2. The van der Waals surface area contributed by atoms with Crippen molar-refractivity contribution in [3.05, 3.63) is 29.3 Å². The topological polar surface area (TPSA) is 41.1 Å². The summed E-state index contributed by atoms with van der Waals surface area (Å²) in [6.45, 7) is 0. The molecule has 2 N–H and O–H groups in total. The van der Waals surface area contributed by atoms with Crippen molar-refractivity contribution in [1.82, 2.24) is 5.32 Å². The SMILES string of the molecule is O=C(Nc1ccc(Cl)cc1)[C@H]1CSCN1. The third-order valence-electron chi connectivity index (χ3n) is 2.14. The quantitative estimate of drug-likeness (QED) is 0.833. The van der Waals surface area contributed by atoms with Gasteiger partial charge in [0.25, 0.3) is 0 Å². The molecule has 1 aliphatic rings. The van der Waals surface area contributed by atoms with E-state index in [1.807, 2.05) is 0 Å². The number of benzene rings is 1. The summed E-state index contributed by atoms with van der Waals surface area (Å²) in [4.78, 5) is 11.7. The second-order valence-corrected chi connectivity index (χ2v) is 4.73. The van der Waals surface area contributed by atoms with Crippen molar-refractivity contribution >= 4 is 35.0 Å². The average Bonchev–Trinajstić information content (AvgIpc) is 2.74. The van der Waals surface area contributed by atoms with Crippen LogP contribution in [0.1, 0.15) is 0 Å². The zero-order valence-electron chi connectivity index (χ0n) is 8.00. The lowest BCUT2D eigenvalue weighted by Gasteiger charge is -2.10. The van der Waals surface area contributed by atoms with E-state index in [-0.39, 0.29) is 11.9 Å². The molecule has 0 bridgehead atoms. The molecule has 1 amide bonds. The summed E-state index contributed by atoms with van der Waals surface area (Å²) in [6.07, 6.45) is 0. The molecule has 1 aliphatic heterocycles. The molecule has 80 valence electrons. The molecule has 1 aromatic carbocycles. The van der Waals surface area contributed by atoms with Gasteiger partial charge in [-0.1, -0.05) is 11.6 Å². The first-order valence-corrected chi connectivity index (χ1v) is 6.16. The van der Waals surface area contributed by atoms with E-state index in [1.165, 1.54) is 0 Å². The molecule has 0 unspecified atom stereocenters. The Bertz CT molecular complexity index is 349. The molecule has 3 nitrogen and oxygen atoms in total. The van der Waals surface area contributed by atoms with Crippen molar-refractivity contribution in [2.45, 2.75) is 6.04 Å². The second-order valence-electron chi connectivity index (χ2n) is 3.27. The molecule has 0 aromatic heterocycles. The van der Waals surface area contributed by atoms with Gasteiger partial charge < -0.3 is 5.32 Å². The Morgan fingerprint density at radius 3 is 2.80 bits per heavy atom. The molecule has 1 aromatic rings. The first-order valence-electron chi connectivity index (χ1n) is 4.63. The number of thioether (sulfide) groups is 1. The highest BCUT2D eigenvalue weighted by Gasteiger charge is 2.22.